The van der Waals surface area contributed by atoms with Gasteiger partial charge in [-0.1, -0.05) is 25.0 Å². The zero-order valence-corrected chi connectivity index (χ0v) is 30.2. The number of fused-ring (bicyclic) bond motifs is 5. The average molecular weight is 742 g/mol. The lowest BCUT2D eigenvalue weighted by Gasteiger charge is -2.38. The van der Waals surface area contributed by atoms with Crippen molar-refractivity contribution in [2.75, 3.05) is 13.7 Å². The second-order valence-electron chi connectivity index (χ2n) is 15.2. The van der Waals surface area contributed by atoms with E-state index in [1.165, 1.54) is 12.0 Å². The number of carboxylic acid groups (broad SMARTS) is 1. The van der Waals surface area contributed by atoms with Crippen LogP contribution >= 0.6 is 0 Å². The summed E-state index contributed by atoms with van der Waals surface area (Å²) in [5.74, 6) is -2.10. The minimum absolute atomic E-state index is 0.139. The number of hydrogen-bond donors (Lipinski definition) is 4. The Labute approximate surface area is 300 Å². The Morgan fingerprint density at radius 3 is 2.63 bits per heavy atom. The lowest BCUT2D eigenvalue weighted by molar-refractivity contribution is -0.141. The molecule has 1 saturated heterocycles. The molecule has 1 aromatic carbocycles. The predicted octanol–water partition coefficient (Wildman–Crippen LogP) is 3.71. The van der Waals surface area contributed by atoms with Crippen LogP contribution in [0.25, 0.3) is 10.9 Å². The topological polar surface area (TPSA) is 193 Å². The largest absolute Gasteiger partial charge is 0.497 e. The number of carbonyl (C=O) groups excluding carboxylic acids is 3. The van der Waals surface area contributed by atoms with Gasteiger partial charge in [-0.05, 0) is 70.6 Å². The number of hydrogen-bond acceptors (Lipinski definition) is 9. The van der Waals surface area contributed by atoms with Crippen molar-refractivity contribution < 1.29 is 46.6 Å². The first-order valence-corrected chi connectivity index (χ1v) is 19.3. The molecule has 2 aliphatic carbocycles. The number of alkyl halides is 1. The third-order valence-corrected chi connectivity index (χ3v) is 13.6. The fourth-order valence-electron chi connectivity index (χ4n) is 7.99. The van der Waals surface area contributed by atoms with Crippen LogP contribution < -0.4 is 24.8 Å². The molecular weight excluding hydrogens is 697 g/mol. The van der Waals surface area contributed by atoms with Gasteiger partial charge in [0.15, 0.2) is 0 Å². The Morgan fingerprint density at radius 1 is 1.15 bits per heavy atom. The molecule has 14 nitrogen and oxygen atoms in total. The second-order valence-corrected chi connectivity index (χ2v) is 17.4. The molecule has 5 aliphatic rings. The maximum atomic E-state index is 16.6. The minimum Gasteiger partial charge on any atom is -0.497 e. The number of sulfonamides is 1. The monoisotopic (exact) mass is 741 g/mol. The number of rotatable bonds is 5. The number of carbonyl (C=O) groups is 4. The van der Waals surface area contributed by atoms with Crippen LogP contribution in [0.5, 0.6) is 11.5 Å². The zero-order valence-electron chi connectivity index (χ0n) is 29.4. The van der Waals surface area contributed by atoms with Crippen LogP contribution in [0.3, 0.4) is 0 Å². The third kappa shape index (κ3) is 6.32. The molecule has 7 rings (SSSR count). The van der Waals surface area contributed by atoms with Gasteiger partial charge in [-0.15, -0.1) is 0 Å². The molecule has 2 saturated carbocycles. The van der Waals surface area contributed by atoms with Crippen molar-refractivity contribution in [2.45, 2.75) is 112 Å². The molecule has 16 heteroatoms. The number of aromatic nitrogens is 1. The number of nitrogens with zero attached hydrogens (tertiary/aromatic N) is 2. The predicted molar refractivity (Wildman–Crippen MR) is 186 cm³/mol. The lowest BCUT2D eigenvalue weighted by Crippen LogP contribution is -2.58. The quantitative estimate of drug-likeness (QED) is 0.329. The normalized spacial score (nSPS) is 31.8. The Balaban J connectivity index is 1.25. The number of nitrogens with one attached hydrogen (secondary N) is 3. The average Bonchev–Trinajstić information content (AvgIpc) is 3.98. The zero-order chi connectivity index (χ0) is 37.2. The van der Waals surface area contributed by atoms with Crippen molar-refractivity contribution in [1.82, 2.24) is 25.2 Å². The number of ether oxygens (including phenoxy) is 2. The first-order valence-electron chi connectivity index (χ1n) is 17.8. The van der Waals surface area contributed by atoms with E-state index in [0.717, 1.165) is 6.42 Å². The molecule has 3 aliphatic heterocycles. The molecule has 1 aromatic heterocycles. The van der Waals surface area contributed by atoms with Gasteiger partial charge in [0.25, 0.3) is 5.91 Å². The molecule has 0 radical (unpaired) electrons. The van der Waals surface area contributed by atoms with E-state index in [1.807, 2.05) is 12.2 Å². The van der Waals surface area contributed by atoms with Crippen molar-refractivity contribution in [3.63, 3.8) is 0 Å². The molecule has 3 fully saturated rings. The van der Waals surface area contributed by atoms with E-state index in [4.69, 9.17) is 9.47 Å². The molecule has 0 unspecified atom stereocenters. The van der Waals surface area contributed by atoms with Gasteiger partial charge in [0.1, 0.15) is 40.9 Å². The van der Waals surface area contributed by atoms with E-state index in [1.54, 1.807) is 32.0 Å². The Hall–Kier alpha value is -4.47. The number of aryl methyl sites for hydroxylation is 1. The van der Waals surface area contributed by atoms with Crippen LogP contribution in [-0.4, -0.2) is 88.8 Å². The van der Waals surface area contributed by atoms with Crippen molar-refractivity contribution in [1.29, 1.82) is 0 Å². The van der Waals surface area contributed by atoms with Gasteiger partial charge >= 0.3 is 6.09 Å². The van der Waals surface area contributed by atoms with Crippen molar-refractivity contribution in [2.24, 2.45) is 5.92 Å². The van der Waals surface area contributed by atoms with Crippen molar-refractivity contribution >= 4 is 44.7 Å². The fourth-order valence-corrected chi connectivity index (χ4v) is 9.30. The minimum atomic E-state index is -4.04. The summed E-state index contributed by atoms with van der Waals surface area (Å²) in [5, 5.41) is 15.3. The summed E-state index contributed by atoms with van der Waals surface area (Å²) in [4.78, 5) is 60.2. The molecule has 280 valence electrons. The summed E-state index contributed by atoms with van der Waals surface area (Å²) in [7, 11) is -2.53. The van der Waals surface area contributed by atoms with E-state index < -0.39 is 73.9 Å². The lowest BCUT2D eigenvalue weighted by atomic mass is 9.86. The van der Waals surface area contributed by atoms with Gasteiger partial charge in [0.2, 0.25) is 21.8 Å². The molecular formula is C36H44FN5O9S. The van der Waals surface area contributed by atoms with Gasteiger partial charge < -0.3 is 30.1 Å². The highest BCUT2D eigenvalue weighted by molar-refractivity contribution is 7.91. The number of benzene rings is 1. The number of methoxy groups -OCH3 is 1. The summed E-state index contributed by atoms with van der Waals surface area (Å²) < 4.78 is 55.9. The smallest absolute Gasteiger partial charge is 0.405 e. The molecule has 4 amide bonds. The van der Waals surface area contributed by atoms with E-state index in [9.17, 15) is 32.7 Å². The highest BCUT2D eigenvalue weighted by Crippen LogP contribution is 2.52. The number of amides is 4. The van der Waals surface area contributed by atoms with Crippen molar-refractivity contribution in [3.05, 3.63) is 41.6 Å². The maximum Gasteiger partial charge on any atom is 0.405 e. The molecule has 1 spiro atoms. The molecule has 6 atom stereocenters. The van der Waals surface area contributed by atoms with Crippen LogP contribution in [0.4, 0.5) is 9.18 Å². The Kier molecular flexibility index (Phi) is 8.90. The molecule has 0 bridgehead atoms. The summed E-state index contributed by atoms with van der Waals surface area (Å²) in [6.45, 7) is 3.00. The summed E-state index contributed by atoms with van der Waals surface area (Å²) >= 11 is 0. The van der Waals surface area contributed by atoms with Gasteiger partial charge in [0, 0.05) is 29.7 Å². The molecule has 52 heavy (non-hydrogen) atoms. The van der Waals surface area contributed by atoms with Crippen LogP contribution in [0.15, 0.2) is 30.4 Å². The molecule has 4 heterocycles. The van der Waals surface area contributed by atoms with Gasteiger partial charge in [-0.3, -0.25) is 19.1 Å². The Morgan fingerprint density at radius 2 is 1.92 bits per heavy atom. The van der Waals surface area contributed by atoms with Crippen LogP contribution in [0, 0.1) is 12.8 Å². The number of allylic oxidation sites excluding steroid dienone is 1. The second kappa shape index (κ2) is 12.9. The highest BCUT2D eigenvalue weighted by atomic mass is 32.2. The highest BCUT2D eigenvalue weighted by Gasteiger charge is 2.64. The standard InChI is InChI=1S/C36H44FN5O9S/c1-20-29-28(23-15-22(50-3)11-12-25(23)38-20)24(37)17-35(51-29)18-27-30(43)40-36(32(45)41-52(48,49)34(2)13-14-34)16-21(36)9-7-5-4-6-8-10-26(39-33(46)47)31(44)42(27)19-35/h7,9,11-12,15,21,24,26-27,39H,4-6,8,10,13-14,16-19H2,1-3H3,(H,40,43)(H,41,45)(H,46,47)/b9-7-/t21-,24+,26+,27+,35-,36-/m1/s1. The fraction of sp³-hybridized carbons (Fsp3) is 0.583. The molecule has 2 aromatic rings. The summed E-state index contributed by atoms with van der Waals surface area (Å²) in [6.07, 6.45) is 3.98. The number of pyridine rings is 1. The summed E-state index contributed by atoms with van der Waals surface area (Å²) in [5.41, 5.74) is -1.77. The molecule has 4 N–H and O–H groups in total. The maximum absolute atomic E-state index is 16.6. The van der Waals surface area contributed by atoms with Crippen LogP contribution in [-0.2, 0) is 24.4 Å². The van der Waals surface area contributed by atoms with E-state index in [0.29, 0.717) is 54.5 Å². The van der Waals surface area contributed by atoms with Crippen LogP contribution in [0.1, 0.15) is 88.6 Å². The van der Waals surface area contributed by atoms with Crippen LogP contribution in [0.2, 0.25) is 0 Å². The van der Waals surface area contributed by atoms with Gasteiger partial charge in [-0.2, -0.15) is 0 Å². The number of halogens is 1. The summed E-state index contributed by atoms with van der Waals surface area (Å²) in [6, 6.07) is 2.64. The Bertz CT molecular complexity index is 1990. The van der Waals surface area contributed by atoms with E-state index in [2.05, 4.69) is 20.3 Å². The van der Waals surface area contributed by atoms with E-state index >= 15 is 4.39 Å². The van der Waals surface area contributed by atoms with Crippen molar-refractivity contribution in [3.8, 4) is 11.5 Å². The van der Waals surface area contributed by atoms with Gasteiger partial charge in [-0.25, -0.2) is 22.6 Å². The third-order valence-electron chi connectivity index (χ3n) is 11.4. The SMILES string of the molecule is COc1ccc2nc(C)c3c(c2c1)[C@@H](F)C[C@]1(C[C@H]2C(=O)N[C@]4(C(=O)NS(=O)(=O)C5(C)CC5)C[C@H]4/C=C\CCCCC[C@H](NC(=O)O)C(=O)N2C1)O3. The first-order chi connectivity index (χ1) is 24.6. The van der Waals surface area contributed by atoms with E-state index in [-0.39, 0.29) is 43.5 Å². The first kappa shape index (κ1) is 35.9. The van der Waals surface area contributed by atoms with Gasteiger partial charge in [0.05, 0.1) is 29.6 Å².